The summed E-state index contributed by atoms with van der Waals surface area (Å²) in [5.41, 5.74) is 0.628. The normalized spacial score (nSPS) is 51.0. The monoisotopic (exact) mass is 400 g/mol. The molecule has 0 aromatic heterocycles. The van der Waals surface area contributed by atoms with Crippen LogP contribution in [-0.4, -0.2) is 34.5 Å². The van der Waals surface area contributed by atoms with Gasteiger partial charge < -0.3 is 9.84 Å². The highest BCUT2D eigenvalue weighted by molar-refractivity contribution is 5.94. The predicted molar refractivity (Wildman–Crippen MR) is 112 cm³/mol. The van der Waals surface area contributed by atoms with Crippen LogP contribution in [0.4, 0.5) is 0 Å². The molecule has 0 amide bonds. The summed E-state index contributed by atoms with van der Waals surface area (Å²) in [7, 11) is 0. The zero-order valence-electron chi connectivity index (χ0n) is 18.5. The summed E-state index contributed by atoms with van der Waals surface area (Å²) in [5, 5.41) is 11.1. The molecule has 0 aromatic rings. The molecule has 1 heterocycles. The van der Waals surface area contributed by atoms with Crippen molar-refractivity contribution < 1.29 is 19.4 Å². The smallest absolute Gasteiger partial charge is 0.146 e. The van der Waals surface area contributed by atoms with E-state index in [1.165, 1.54) is 5.57 Å². The Balaban J connectivity index is 1.74. The summed E-state index contributed by atoms with van der Waals surface area (Å²) in [6.07, 6.45) is 10.0. The lowest BCUT2D eigenvalue weighted by Crippen LogP contribution is -2.46. The number of allylic oxidation sites excluding steroid dienone is 3. The van der Waals surface area contributed by atoms with Crippen molar-refractivity contribution in [3.63, 3.8) is 0 Å². The maximum absolute atomic E-state index is 12.7. The molecule has 4 aliphatic rings. The molecular formula is C25H36O4. The van der Waals surface area contributed by atoms with E-state index < -0.39 is 11.5 Å². The first kappa shape index (κ1) is 21.0. The second-order valence-corrected chi connectivity index (χ2v) is 11.0. The molecule has 0 bridgehead atoms. The molecule has 8 atom stereocenters. The van der Waals surface area contributed by atoms with Gasteiger partial charge in [-0.2, -0.15) is 0 Å². The molecule has 4 rings (SSSR count). The minimum Gasteiger partial charge on any atom is -0.389 e. The number of fused-ring (bicyclic) bond motifs is 3. The minimum atomic E-state index is -1.04. The molecule has 0 radical (unpaired) electrons. The SMILES string of the molecule is CC(C)=CC1CC(C)C2(CC[C@]3(C)CC4C(C(=O)C[C@@]4(C)O)/C(C=O)=C\C[C@@H]23)O1. The van der Waals surface area contributed by atoms with Crippen molar-refractivity contribution in [2.24, 2.45) is 29.1 Å². The van der Waals surface area contributed by atoms with Crippen LogP contribution in [0, 0.1) is 29.1 Å². The molecule has 0 aromatic carbocycles. The second-order valence-electron chi connectivity index (χ2n) is 11.0. The summed E-state index contributed by atoms with van der Waals surface area (Å²) >= 11 is 0. The maximum atomic E-state index is 12.7. The molecule has 4 heteroatoms. The van der Waals surface area contributed by atoms with Gasteiger partial charge in [-0.3, -0.25) is 9.59 Å². The molecule has 5 unspecified atom stereocenters. The number of ether oxygens (including phenoxy) is 1. The first-order valence-corrected chi connectivity index (χ1v) is 11.3. The fourth-order valence-corrected chi connectivity index (χ4v) is 7.28. The van der Waals surface area contributed by atoms with Crippen LogP contribution in [0.15, 0.2) is 23.3 Å². The van der Waals surface area contributed by atoms with Gasteiger partial charge in [0.05, 0.1) is 23.2 Å². The Hall–Kier alpha value is -1.26. The standard InChI is InChI=1S/C25H36O4/c1-15(2)10-18-11-16(3)25(29-18)9-8-23(4)12-19-22(20(27)13-24(19,5)28)17(14-26)6-7-21(23)25/h6,10,14,16,18-19,21-22,28H,7-9,11-13H2,1-5H3/b17-6-/t16?,18?,19?,21-,22?,23-,24-,25?/m1/s1. The lowest BCUT2D eigenvalue weighted by Gasteiger charge is -2.45. The molecule has 1 aliphatic heterocycles. The maximum Gasteiger partial charge on any atom is 0.146 e. The quantitative estimate of drug-likeness (QED) is 0.551. The van der Waals surface area contributed by atoms with Crippen LogP contribution in [0.2, 0.25) is 0 Å². The molecular weight excluding hydrogens is 364 g/mol. The topological polar surface area (TPSA) is 63.6 Å². The number of aldehydes is 1. The van der Waals surface area contributed by atoms with Gasteiger partial charge in [-0.15, -0.1) is 0 Å². The number of hydrogen-bond donors (Lipinski definition) is 1. The van der Waals surface area contributed by atoms with Crippen molar-refractivity contribution in [1.29, 1.82) is 0 Å². The number of carbonyl (C=O) groups is 2. The van der Waals surface area contributed by atoms with Crippen LogP contribution in [0.1, 0.15) is 73.1 Å². The van der Waals surface area contributed by atoms with Gasteiger partial charge in [0.1, 0.15) is 12.1 Å². The van der Waals surface area contributed by atoms with Gasteiger partial charge in [-0.05, 0) is 75.7 Å². The van der Waals surface area contributed by atoms with E-state index >= 15 is 0 Å². The third-order valence-electron chi connectivity index (χ3n) is 8.68. The van der Waals surface area contributed by atoms with Crippen LogP contribution in [-0.2, 0) is 14.3 Å². The van der Waals surface area contributed by atoms with Gasteiger partial charge in [0.15, 0.2) is 0 Å². The summed E-state index contributed by atoms with van der Waals surface area (Å²) in [4.78, 5) is 24.6. The average Bonchev–Trinajstić information content (AvgIpc) is 3.12. The lowest BCUT2D eigenvalue weighted by atomic mass is 9.62. The molecule has 160 valence electrons. The average molecular weight is 401 g/mol. The largest absolute Gasteiger partial charge is 0.389 e. The van der Waals surface area contributed by atoms with Gasteiger partial charge in [-0.1, -0.05) is 31.6 Å². The van der Waals surface area contributed by atoms with E-state index in [9.17, 15) is 14.7 Å². The molecule has 29 heavy (non-hydrogen) atoms. The van der Waals surface area contributed by atoms with E-state index in [0.29, 0.717) is 17.4 Å². The fraction of sp³-hybridized carbons (Fsp3) is 0.760. The highest BCUT2D eigenvalue weighted by atomic mass is 16.5. The third-order valence-corrected chi connectivity index (χ3v) is 8.68. The van der Waals surface area contributed by atoms with Crippen molar-refractivity contribution in [3.8, 4) is 0 Å². The van der Waals surface area contributed by atoms with Gasteiger partial charge in [0, 0.05) is 12.3 Å². The molecule has 1 N–H and O–H groups in total. The van der Waals surface area contributed by atoms with E-state index in [0.717, 1.165) is 38.4 Å². The Morgan fingerprint density at radius 1 is 1.28 bits per heavy atom. The van der Waals surface area contributed by atoms with Gasteiger partial charge in [0.25, 0.3) is 0 Å². The van der Waals surface area contributed by atoms with Crippen LogP contribution < -0.4 is 0 Å². The van der Waals surface area contributed by atoms with Crippen molar-refractivity contribution in [2.45, 2.75) is 90.4 Å². The Morgan fingerprint density at radius 3 is 2.66 bits per heavy atom. The van der Waals surface area contributed by atoms with Crippen LogP contribution in [0.3, 0.4) is 0 Å². The first-order chi connectivity index (χ1) is 13.5. The Kier molecular flexibility index (Phi) is 4.98. The molecule has 3 fully saturated rings. The Bertz CT molecular complexity index is 774. The second kappa shape index (κ2) is 6.88. The molecule has 2 saturated carbocycles. The highest BCUT2D eigenvalue weighted by Crippen LogP contribution is 2.64. The van der Waals surface area contributed by atoms with E-state index in [2.05, 4.69) is 33.8 Å². The van der Waals surface area contributed by atoms with Crippen molar-refractivity contribution in [1.82, 2.24) is 0 Å². The van der Waals surface area contributed by atoms with Gasteiger partial charge in [0.2, 0.25) is 0 Å². The summed E-state index contributed by atoms with van der Waals surface area (Å²) in [6.45, 7) is 10.7. The third kappa shape index (κ3) is 3.18. The van der Waals surface area contributed by atoms with Crippen molar-refractivity contribution in [3.05, 3.63) is 23.3 Å². The Morgan fingerprint density at radius 2 is 2.00 bits per heavy atom. The van der Waals surface area contributed by atoms with Gasteiger partial charge in [-0.25, -0.2) is 0 Å². The lowest BCUT2D eigenvalue weighted by molar-refractivity contribution is -0.122. The summed E-state index contributed by atoms with van der Waals surface area (Å²) < 4.78 is 6.79. The fourth-order valence-electron chi connectivity index (χ4n) is 7.28. The molecule has 1 spiro atoms. The van der Waals surface area contributed by atoms with E-state index in [1.54, 1.807) is 6.92 Å². The van der Waals surface area contributed by atoms with Crippen LogP contribution in [0.5, 0.6) is 0 Å². The predicted octanol–water partition coefficient (Wildman–Crippen LogP) is 4.41. The van der Waals surface area contributed by atoms with Crippen molar-refractivity contribution in [2.75, 3.05) is 0 Å². The molecule has 4 nitrogen and oxygen atoms in total. The number of carbonyl (C=O) groups excluding carboxylic acids is 2. The minimum absolute atomic E-state index is 0.00341. The van der Waals surface area contributed by atoms with Crippen LogP contribution in [0.25, 0.3) is 0 Å². The van der Waals surface area contributed by atoms with E-state index in [4.69, 9.17) is 4.74 Å². The highest BCUT2D eigenvalue weighted by Gasteiger charge is 2.63. The van der Waals surface area contributed by atoms with Crippen molar-refractivity contribution >= 4 is 12.1 Å². The number of Topliss-reactive ketones (excluding diaryl/α,β-unsaturated/α-hetero) is 1. The number of hydrogen-bond acceptors (Lipinski definition) is 4. The van der Waals surface area contributed by atoms with E-state index in [-0.39, 0.29) is 35.2 Å². The number of rotatable bonds is 2. The molecule has 3 aliphatic carbocycles. The van der Waals surface area contributed by atoms with Gasteiger partial charge >= 0.3 is 0 Å². The summed E-state index contributed by atoms with van der Waals surface area (Å²) in [6, 6.07) is 0. The zero-order valence-corrected chi connectivity index (χ0v) is 18.5. The Labute approximate surface area is 174 Å². The summed E-state index contributed by atoms with van der Waals surface area (Å²) in [5.74, 6) is 0.117. The van der Waals surface area contributed by atoms with Crippen LogP contribution >= 0.6 is 0 Å². The number of ketones is 1. The number of aliphatic hydroxyl groups is 1. The molecule has 1 saturated heterocycles. The van der Waals surface area contributed by atoms with E-state index in [1.807, 2.05) is 6.08 Å². The zero-order chi connectivity index (χ0) is 21.2. The first-order valence-electron chi connectivity index (χ1n) is 11.3.